The van der Waals surface area contributed by atoms with E-state index in [1.54, 1.807) is 21.9 Å². The van der Waals surface area contributed by atoms with E-state index in [1.807, 2.05) is 26.8 Å². The number of pyridine rings is 1. The molecular weight excluding hydrogens is 360 g/mol. The van der Waals surface area contributed by atoms with E-state index < -0.39 is 5.60 Å². The quantitative estimate of drug-likeness (QED) is 0.790. The summed E-state index contributed by atoms with van der Waals surface area (Å²) >= 11 is 0. The third-order valence-corrected chi connectivity index (χ3v) is 4.73. The molecule has 1 aromatic rings. The predicted molar refractivity (Wildman–Crippen MR) is 100 cm³/mol. The van der Waals surface area contributed by atoms with Crippen LogP contribution in [0.25, 0.3) is 0 Å². The summed E-state index contributed by atoms with van der Waals surface area (Å²) in [6.45, 7) is 7.48. The minimum atomic E-state index is -0.549. The van der Waals surface area contributed by atoms with Gasteiger partial charge in [-0.05, 0) is 39.7 Å². The smallest absolute Gasteiger partial charge is 0.410 e. The van der Waals surface area contributed by atoms with E-state index in [0.29, 0.717) is 37.6 Å². The van der Waals surface area contributed by atoms with Crippen LogP contribution < -0.4 is 4.74 Å². The van der Waals surface area contributed by atoms with Crippen molar-refractivity contribution < 1.29 is 19.1 Å². The van der Waals surface area contributed by atoms with Crippen LogP contribution in [-0.4, -0.2) is 64.7 Å². The van der Waals surface area contributed by atoms with E-state index in [4.69, 9.17) is 14.7 Å². The fourth-order valence-corrected chi connectivity index (χ4v) is 3.34. The van der Waals surface area contributed by atoms with Crippen LogP contribution in [0.5, 0.6) is 5.88 Å². The highest BCUT2D eigenvalue weighted by Crippen LogP contribution is 2.24. The van der Waals surface area contributed by atoms with Gasteiger partial charge in [-0.25, -0.2) is 9.78 Å². The molecule has 0 aromatic carbocycles. The van der Waals surface area contributed by atoms with E-state index in [9.17, 15) is 9.59 Å². The Bertz CT molecular complexity index is 777. The van der Waals surface area contributed by atoms with Crippen molar-refractivity contribution in [1.29, 1.82) is 5.26 Å². The van der Waals surface area contributed by atoms with Crippen LogP contribution in [0.2, 0.25) is 0 Å². The molecule has 0 aliphatic carbocycles. The van der Waals surface area contributed by atoms with Gasteiger partial charge in [0.25, 0.3) is 0 Å². The number of ether oxygens (including phenoxy) is 2. The molecule has 8 heteroatoms. The molecule has 1 unspecified atom stereocenters. The molecule has 0 N–H and O–H groups in total. The number of hydrogen-bond donors (Lipinski definition) is 0. The first-order chi connectivity index (χ1) is 13.2. The molecule has 2 fully saturated rings. The Morgan fingerprint density at radius 3 is 2.68 bits per heavy atom. The van der Waals surface area contributed by atoms with Gasteiger partial charge in [0.1, 0.15) is 11.7 Å². The largest absolute Gasteiger partial charge is 0.471 e. The highest BCUT2D eigenvalue weighted by Gasteiger charge is 2.38. The number of nitriles is 1. The van der Waals surface area contributed by atoms with Crippen molar-refractivity contribution in [2.45, 2.75) is 45.3 Å². The summed E-state index contributed by atoms with van der Waals surface area (Å²) in [7, 11) is 0. The molecule has 2 saturated heterocycles. The Hall–Kier alpha value is -2.82. The van der Waals surface area contributed by atoms with Gasteiger partial charge in [-0.1, -0.05) is 0 Å². The average molecular weight is 386 g/mol. The number of aromatic nitrogens is 1. The van der Waals surface area contributed by atoms with Crippen molar-refractivity contribution in [3.8, 4) is 11.9 Å². The Balaban J connectivity index is 1.48. The molecule has 0 spiro atoms. The van der Waals surface area contributed by atoms with Crippen molar-refractivity contribution in [1.82, 2.24) is 14.8 Å². The van der Waals surface area contributed by atoms with Gasteiger partial charge in [0, 0.05) is 25.4 Å². The van der Waals surface area contributed by atoms with Gasteiger partial charge in [-0.3, -0.25) is 4.79 Å². The first-order valence-electron chi connectivity index (χ1n) is 9.54. The Kier molecular flexibility index (Phi) is 5.73. The summed E-state index contributed by atoms with van der Waals surface area (Å²) in [5.41, 5.74) is -0.0610. The van der Waals surface area contributed by atoms with Crippen LogP contribution >= 0.6 is 0 Å². The van der Waals surface area contributed by atoms with Crippen LogP contribution in [0.15, 0.2) is 18.3 Å². The maximum atomic E-state index is 12.8. The number of nitrogens with zero attached hydrogens (tertiary/aromatic N) is 4. The van der Waals surface area contributed by atoms with E-state index in [1.165, 1.54) is 6.20 Å². The number of carbonyl (C=O) groups is 2. The third kappa shape index (κ3) is 4.91. The predicted octanol–water partition coefficient (Wildman–Crippen LogP) is 2.19. The summed E-state index contributed by atoms with van der Waals surface area (Å²) in [5, 5.41) is 8.93. The van der Waals surface area contributed by atoms with Crippen LogP contribution in [0.4, 0.5) is 4.79 Å². The lowest BCUT2D eigenvalue weighted by Gasteiger charge is -2.42. The minimum Gasteiger partial charge on any atom is -0.471 e. The fourth-order valence-electron chi connectivity index (χ4n) is 3.34. The van der Waals surface area contributed by atoms with Gasteiger partial charge < -0.3 is 19.3 Å². The summed E-state index contributed by atoms with van der Waals surface area (Å²) in [5.74, 6) is 0.235. The highest BCUT2D eigenvalue weighted by atomic mass is 16.6. The van der Waals surface area contributed by atoms with E-state index >= 15 is 0 Å². The van der Waals surface area contributed by atoms with E-state index in [0.717, 1.165) is 12.8 Å². The summed E-state index contributed by atoms with van der Waals surface area (Å²) in [4.78, 5) is 32.5. The van der Waals surface area contributed by atoms with Gasteiger partial charge in [0.2, 0.25) is 11.8 Å². The number of hydrogen-bond acceptors (Lipinski definition) is 6. The van der Waals surface area contributed by atoms with Gasteiger partial charge in [-0.2, -0.15) is 5.26 Å². The molecule has 0 saturated carbocycles. The fraction of sp³-hybridized carbons (Fsp3) is 0.600. The van der Waals surface area contributed by atoms with Crippen molar-refractivity contribution >= 4 is 12.0 Å². The molecule has 8 nitrogen and oxygen atoms in total. The zero-order valence-electron chi connectivity index (χ0n) is 16.6. The number of likely N-dealkylation sites (tertiary alicyclic amines) is 2. The minimum absolute atomic E-state index is 0.0480. The summed E-state index contributed by atoms with van der Waals surface area (Å²) < 4.78 is 11.2. The topological polar surface area (TPSA) is 95.8 Å². The monoisotopic (exact) mass is 386 g/mol. The molecule has 3 heterocycles. The molecule has 150 valence electrons. The third-order valence-electron chi connectivity index (χ3n) is 4.73. The molecule has 2 aliphatic heterocycles. The number of carbonyl (C=O) groups excluding carboxylic acids is 2. The second-order valence-corrected chi connectivity index (χ2v) is 8.24. The Morgan fingerprint density at radius 2 is 2.00 bits per heavy atom. The lowest BCUT2D eigenvalue weighted by molar-refractivity contribution is -0.146. The maximum Gasteiger partial charge on any atom is 0.410 e. The van der Waals surface area contributed by atoms with Crippen LogP contribution in [0, 0.1) is 17.2 Å². The normalized spacial score (nSPS) is 20.1. The number of amides is 2. The average Bonchev–Trinajstić information content (AvgIpc) is 2.62. The second-order valence-electron chi connectivity index (χ2n) is 8.24. The standard InChI is InChI=1S/C20H26N4O4/c1-20(2,3)28-19(26)23-8-4-5-15(11-23)18(25)24-12-16(13-24)27-17-9-14(10-21)6-7-22-17/h6-7,9,15-16H,4-5,8,11-13H2,1-3H3. The molecule has 0 radical (unpaired) electrons. The van der Waals surface area contributed by atoms with Gasteiger partial charge in [0.15, 0.2) is 0 Å². The Labute approximate surface area is 165 Å². The van der Waals surface area contributed by atoms with Crippen molar-refractivity contribution in [2.75, 3.05) is 26.2 Å². The van der Waals surface area contributed by atoms with Crippen molar-refractivity contribution in [2.24, 2.45) is 5.92 Å². The second kappa shape index (κ2) is 8.05. The lowest BCUT2D eigenvalue weighted by Crippen LogP contribution is -2.59. The Morgan fingerprint density at radius 1 is 1.25 bits per heavy atom. The molecule has 3 rings (SSSR count). The van der Waals surface area contributed by atoms with Crippen molar-refractivity contribution in [3.63, 3.8) is 0 Å². The molecular formula is C20H26N4O4. The molecule has 2 amide bonds. The van der Waals surface area contributed by atoms with E-state index in [-0.39, 0.29) is 24.0 Å². The number of piperidine rings is 1. The summed E-state index contributed by atoms with van der Waals surface area (Å²) in [6.07, 6.45) is 2.59. The SMILES string of the molecule is CC(C)(C)OC(=O)N1CCCC(C(=O)N2CC(Oc3cc(C#N)ccn3)C2)C1. The maximum absolute atomic E-state index is 12.8. The van der Waals surface area contributed by atoms with Crippen LogP contribution in [0.1, 0.15) is 39.2 Å². The molecule has 1 atom stereocenters. The van der Waals surface area contributed by atoms with Crippen molar-refractivity contribution in [3.05, 3.63) is 23.9 Å². The molecule has 28 heavy (non-hydrogen) atoms. The van der Waals surface area contributed by atoms with Gasteiger partial charge in [-0.15, -0.1) is 0 Å². The molecule has 1 aromatic heterocycles. The summed E-state index contributed by atoms with van der Waals surface area (Å²) in [6, 6.07) is 5.25. The van der Waals surface area contributed by atoms with Gasteiger partial charge >= 0.3 is 6.09 Å². The first-order valence-corrected chi connectivity index (χ1v) is 9.54. The highest BCUT2D eigenvalue weighted by molar-refractivity contribution is 5.81. The molecule has 2 aliphatic rings. The van der Waals surface area contributed by atoms with E-state index in [2.05, 4.69) is 4.98 Å². The molecule has 0 bridgehead atoms. The first kappa shape index (κ1) is 19.9. The van der Waals surface area contributed by atoms with Gasteiger partial charge in [0.05, 0.1) is 30.6 Å². The van der Waals surface area contributed by atoms with Crippen LogP contribution in [0.3, 0.4) is 0 Å². The lowest BCUT2D eigenvalue weighted by atomic mass is 9.95. The number of rotatable bonds is 3. The zero-order valence-corrected chi connectivity index (χ0v) is 16.6. The van der Waals surface area contributed by atoms with Crippen LogP contribution in [-0.2, 0) is 9.53 Å². The zero-order chi connectivity index (χ0) is 20.3.